The Labute approximate surface area is 120 Å². The Morgan fingerprint density at radius 1 is 1.30 bits per heavy atom. The molecule has 0 saturated heterocycles. The number of benzene rings is 1. The maximum absolute atomic E-state index is 11.1. The van der Waals surface area contributed by atoms with Crippen molar-refractivity contribution in [2.24, 2.45) is 5.92 Å². The molecule has 2 atom stereocenters. The highest BCUT2D eigenvalue weighted by Gasteiger charge is 2.18. The molecular weight excluding hydrogens is 254 g/mol. The van der Waals surface area contributed by atoms with Crippen LogP contribution in [0.15, 0.2) is 18.2 Å². The van der Waals surface area contributed by atoms with Gasteiger partial charge in [-0.05, 0) is 43.4 Å². The molecule has 1 aliphatic carbocycles. The molecular formula is C16H23NO3. The van der Waals surface area contributed by atoms with Gasteiger partial charge in [-0.2, -0.15) is 0 Å². The molecule has 4 heteroatoms. The first kappa shape index (κ1) is 14.7. The molecule has 2 N–H and O–H groups in total. The van der Waals surface area contributed by atoms with Crippen molar-refractivity contribution in [1.82, 2.24) is 0 Å². The van der Waals surface area contributed by atoms with Crippen LogP contribution in [0.5, 0.6) is 5.75 Å². The average Bonchev–Trinajstić information content (AvgIpc) is 2.63. The second-order valence-corrected chi connectivity index (χ2v) is 5.67. The Balaban J connectivity index is 2.14. The minimum Gasteiger partial charge on any atom is -0.495 e. The van der Waals surface area contributed by atoms with Crippen LogP contribution in [0.2, 0.25) is 0 Å². The van der Waals surface area contributed by atoms with E-state index in [-0.39, 0.29) is 5.56 Å². The zero-order valence-electron chi connectivity index (χ0n) is 12.2. The minimum absolute atomic E-state index is 0.287. The molecule has 20 heavy (non-hydrogen) atoms. The number of hydrogen-bond acceptors (Lipinski definition) is 3. The molecule has 0 heterocycles. The Kier molecular flexibility index (Phi) is 4.88. The molecule has 2 unspecified atom stereocenters. The van der Waals surface area contributed by atoms with E-state index in [9.17, 15) is 4.79 Å². The van der Waals surface area contributed by atoms with Gasteiger partial charge >= 0.3 is 5.97 Å². The quantitative estimate of drug-likeness (QED) is 0.822. The van der Waals surface area contributed by atoms with Crippen LogP contribution in [0.1, 0.15) is 49.4 Å². The molecule has 1 aliphatic rings. The molecule has 110 valence electrons. The lowest BCUT2D eigenvalue weighted by Crippen LogP contribution is -2.19. The average molecular weight is 277 g/mol. The lowest BCUT2D eigenvalue weighted by Gasteiger charge is -2.20. The SMILES string of the molecule is COc1ccc(C(=O)O)cc1NC1CCCC(C)CC1. The Morgan fingerprint density at radius 2 is 2.10 bits per heavy atom. The fourth-order valence-electron chi connectivity index (χ4n) is 2.81. The Bertz CT molecular complexity index is 473. The molecule has 1 saturated carbocycles. The van der Waals surface area contributed by atoms with E-state index in [1.165, 1.54) is 19.3 Å². The van der Waals surface area contributed by atoms with Gasteiger partial charge in [-0.15, -0.1) is 0 Å². The molecule has 1 aromatic carbocycles. The molecule has 0 aromatic heterocycles. The van der Waals surface area contributed by atoms with Crippen LogP contribution >= 0.6 is 0 Å². The number of rotatable bonds is 4. The number of nitrogens with one attached hydrogen (secondary N) is 1. The molecule has 0 aliphatic heterocycles. The summed E-state index contributed by atoms with van der Waals surface area (Å²) in [5.74, 6) is 0.575. The van der Waals surface area contributed by atoms with E-state index in [1.54, 1.807) is 25.3 Å². The van der Waals surface area contributed by atoms with Crippen molar-refractivity contribution in [3.05, 3.63) is 23.8 Å². The standard InChI is InChI=1S/C16H23NO3/c1-11-4-3-5-13(8-6-11)17-14-10-12(16(18)19)7-9-15(14)20-2/h7,9-11,13,17H,3-6,8H2,1-2H3,(H,18,19). The van der Waals surface area contributed by atoms with E-state index in [0.717, 1.165) is 24.4 Å². The highest BCUT2D eigenvalue weighted by atomic mass is 16.5. The van der Waals surface area contributed by atoms with Gasteiger partial charge in [0, 0.05) is 6.04 Å². The number of methoxy groups -OCH3 is 1. The number of hydrogen-bond donors (Lipinski definition) is 2. The van der Waals surface area contributed by atoms with Gasteiger partial charge in [-0.1, -0.05) is 19.8 Å². The van der Waals surface area contributed by atoms with Crippen molar-refractivity contribution in [3.8, 4) is 5.75 Å². The maximum Gasteiger partial charge on any atom is 0.335 e. The fourth-order valence-corrected chi connectivity index (χ4v) is 2.81. The minimum atomic E-state index is -0.912. The van der Waals surface area contributed by atoms with E-state index >= 15 is 0 Å². The van der Waals surface area contributed by atoms with Crippen molar-refractivity contribution >= 4 is 11.7 Å². The maximum atomic E-state index is 11.1. The van der Waals surface area contributed by atoms with Gasteiger partial charge in [0.15, 0.2) is 0 Å². The van der Waals surface area contributed by atoms with Crippen LogP contribution < -0.4 is 10.1 Å². The second-order valence-electron chi connectivity index (χ2n) is 5.67. The summed E-state index contributed by atoms with van der Waals surface area (Å²) in [5.41, 5.74) is 1.07. The summed E-state index contributed by atoms with van der Waals surface area (Å²) in [6, 6.07) is 5.35. The number of aromatic carboxylic acids is 1. The summed E-state index contributed by atoms with van der Waals surface area (Å²) >= 11 is 0. The van der Waals surface area contributed by atoms with E-state index in [2.05, 4.69) is 12.2 Å². The monoisotopic (exact) mass is 277 g/mol. The fraction of sp³-hybridized carbons (Fsp3) is 0.562. The number of carboxylic acid groups (broad SMARTS) is 1. The number of carboxylic acids is 1. The van der Waals surface area contributed by atoms with Crippen LogP contribution in [-0.2, 0) is 0 Å². The van der Waals surface area contributed by atoms with Crippen LogP contribution in [0.25, 0.3) is 0 Å². The zero-order valence-corrected chi connectivity index (χ0v) is 12.2. The van der Waals surface area contributed by atoms with Crippen LogP contribution in [0, 0.1) is 5.92 Å². The van der Waals surface area contributed by atoms with Gasteiger partial charge < -0.3 is 15.2 Å². The van der Waals surface area contributed by atoms with Crippen LogP contribution in [-0.4, -0.2) is 24.2 Å². The first-order valence-electron chi connectivity index (χ1n) is 7.28. The third-order valence-electron chi connectivity index (χ3n) is 4.06. The lowest BCUT2D eigenvalue weighted by atomic mass is 10.0. The number of ether oxygens (including phenoxy) is 1. The highest BCUT2D eigenvalue weighted by Crippen LogP contribution is 2.30. The molecule has 0 radical (unpaired) electrons. The molecule has 1 aromatic rings. The van der Waals surface area contributed by atoms with Crippen molar-refractivity contribution < 1.29 is 14.6 Å². The van der Waals surface area contributed by atoms with Gasteiger partial charge in [-0.3, -0.25) is 0 Å². The van der Waals surface area contributed by atoms with Gasteiger partial charge in [0.2, 0.25) is 0 Å². The van der Waals surface area contributed by atoms with Crippen molar-refractivity contribution in [1.29, 1.82) is 0 Å². The smallest absolute Gasteiger partial charge is 0.335 e. The first-order valence-corrected chi connectivity index (χ1v) is 7.28. The predicted molar refractivity (Wildman–Crippen MR) is 79.6 cm³/mol. The normalized spacial score (nSPS) is 22.9. The van der Waals surface area contributed by atoms with Crippen molar-refractivity contribution in [2.75, 3.05) is 12.4 Å². The molecule has 0 spiro atoms. The highest BCUT2D eigenvalue weighted by molar-refractivity contribution is 5.89. The molecule has 4 nitrogen and oxygen atoms in total. The number of carbonyl (C=O) groups is 1. The lowest BCUT2D eigenvalue weighted by molar-refractivity contribution is 0.0697. The van der Waals surface area contributed by atoms with Gasteiger partial charge in [0.05, 0.1) is 18.4 Å². The van der Waals surface area contributed by atoms with Crippen molar-refractivity contribution in [2.45, 2.75) is 45.1 Å². The van der Waals surface area contributed by atoms with Gasteiger partial charge in [-0.25, -0.2) is 4.79 Å². The Morgan fingerprint density at radius 3 is 2.80 bits per heavy atom. The molecule has 2 rings (SSSR count). The van der Waals surface area contributed by atoms with Gasteiger partial charge in [0.25, 0.3) is 0 Å². The van der Waals surface area contributed by atoms with Crippen molar-refractivity contribution in [3.63, 3.8) is 0 Å². The topological polar surface area (TPSA) is 58.6 Å². The predicted octanol–water partition coefficient (Wildman–Crippen LogP) is 3.77. The van der Waals surface area contributed by atoms with E-state index in [4.69, 9.17) is 9.84 Å². The summed E-state index contributed by atoms with van der Waals surface area (Å²) in [6.45, 7) is 2.30. The first-order chi connectivity index (χ1) is 9.60. The largest absolute Gasteiger partial charge is 0.495 e. The van der Waals surface area contributed by atoms with Crippen LogP contribution in [0.4, 0.5) is 5.69 Å². The van der Waals surface area contributed by atoms with Crippen LogP contribution in [0.3, 0.4) is 0 Å². The zero-order chi connectivity index (χ0) is 14.5. The summed E-state index contributed by atoms with van der Waals surface area (Å²) in [4.78, 5) is 11.1. The molecule has 0 bridgehead atoms. The molecule has 1 fully saturated rings. The summed E-state index contributed by atoms with van der Waals surface area (Å²) in [7, 11) is 1.61. The van der Waals surface area contributed by atoms with E-state index in [0.29, 0.717) is 11.8 Å². The summed E-state index contributed by atoms with van der Waals surface area (Å²) in [5, 5.41) is 12.6. The summed E-state index contributed by atoms with van der Waals surface area (Å²) in [6.07, 6.45) is 5.98. The second kappa shape index (κ2) is 6.64. The third kappa shape index (κ3) is 3.65. The number of anilines is 1. The third-order valence-corrected chi connectivity index (χ3v) is 4.06. The molecule has 0 amide bonds. The summed E-state index contributed by atoms with van der Waals surface area (Å²) < 4.78 is 5.32. The van der Waals surface area contributed by atoms with E-state index in [1.807, 2.05) is 0 Å². The Hall–Kier alpha value is -1.71. The van der Waals surface area contributed by atoms with E-state index < -0.39 is 5.97 Å². The van der Waals surface area contributed by atoms with Gasteiger partial charge in [0.1, 0.15) is 5.75 Å².